The second-order valence-electron chi connectivity index (χ2n) is 4.76. The van der Waals surface area contributed by atoms with Crippen molar-refractivity contribution in [1.82, 2.24) is 4.72 Å². The van der Waals surface area contributed by atoms with E-state index in [9.17, 15) is 13.5 Å². The van der Waals surface area contributed by atoms with Crippen molar-refractivity contribution < 1.29 is 13.5 Å². The zero-order chi connectivity index (χ0) is 15.2. The Labute approximate surface area is 139 Å². The van der Waals surface area contributed by atoms with E-state index in [4.69, 9.17) is 11.6 Å². The van der Waals surface area contributed by atoms with Gasteiger partial charge in [-0.3, -0.25) is 0 Å². The number of fused-ring (bicyclic) bond motifs is 1. The highest BCUT2D eigenvalue weighted by Gasteiger charge is 2.34. The Morgan fingerprint density at radius 2 is 2.10 bits per heavy atom. The SMILES string of the molecule is O=S(=O)(NC1c2ccccc2CC1O)c1cc(Cl)c(Br)s1. The maximum Gasteiger partial charge on any atom is 0.250 e. The Morgan fingerprint density at radius 1 is 1.38 bits per heavy atom. The minimum absolute atomic E-state index is 0.121. The molecule has 21 heavy (non-hydrogen) atoms. The van der Waals surface area contributed by atoms with Gasteiger partial charge in [-0.15, -0.1) is 11.3 Å². The van der Waals surface area contributed by atoms with Gasteiger partial charge in [0.1, 0.15) is 4.21 Å². The van der Waals surface area contributed by atoms with E-state index in [1.165, 1.54) is 6.07 Å². The van der Waals surface area contributed by atoms with E-state index in [1.54, 1.807) is 0 Å². The molecule has 3 rings (SSSR count). The van der Waals surface area contributed by atoms with E-state index >= 15 is 0 Å². The average Bonchev–Trinajstić information content (AvgIpc) is 2.92. The summed E-state index contributed by atoms with van der Waals surface area (Å²) in [4.78, 5) is 0. The third-order valence-corrected chi connectivity index (χ3v) is 7.76. The smallest absolute Gasteiger partial charge is 0.250 e. The van der Waals surface area contributed by atoms with Gasteiger partial charge < -0.3 is 5.11 Å². The minimum atomic E-state index is -3.73. The van der Waals surface area contributed by atoms with Gasteiger partial charge in [-0.1, -0.05) is 35.9 Å². The predicted octanol–water partition coefficient (Wildman–Crippen LogP) is 3.10. The molecule has 1 aliphatic carbocycles. The van der Waals surface area contributed by atoms with Crippen LogP contribution in [0.4, 0.5) is 0 Å². The molecule has 0 amide bonds. The maximum atomic E-state index is 12.4. The fraction of sp³-hybridized carbons (Fsp3) is 0.231. The lowest BCUT2D eigenvalue weighted by Gasteiger charge is -2.17. The first-order valence-electron chi connectivity index (χ1n) is 6.11. The zero-order valence-corrected chi connectivity index (χ0v) is 14.6. The van der Waals surface area contributed by atoms with Crippen LogP contribution in [-0.4, -0.2) is 19.6 Å². The van der Waals surface area contributed by atoms with Crippen LogP contribution in [0, 0.1) is 0 Å². The summed E-state index contributed by atoms with van der Waals surface area (Å²) in [6, 6.07) is 8.19. The Morgan fingerprint density at radius 3 is 2.76 bits per heavy atom. The van der Waals surface area contributed by atoms with Crippen LogP contribution in [0.3, 0.4) is 0 Å². The van der Waals surface area contributed by atoms with Crippen LogP contribution in [0.1, 0.15) is 17.2 Å². The summed E-state index contributed by atoms with van der Waals surface area (Å²) in [6.45, 7) is 0. The molecule has 0 spiro atoms. The van der Waals surface area contributed by atoms with Gasteiger partial charge in [-0.2, -0.15) is 0 Å². The van der Waals surface area contributed by atoms with Gasteiger partial charge in [0.2, 0.25) is 0 Å². The number of benzene rings is 1. The molecule has 1 aromatic carbocycles. The molecule has 1 aliphatic rings. The molecule has 0 radical (unpaired) electrons. The summed E-state index contributed by atoms with van der Waals surface area (Å²) in [5, 5.41) is 10.5. The van der Waals surface area contributed by atoms with Crippen LogP contribution in [0.15, 0.2) is 38.3 Å². The molecule has 1 aromatic heterocycles. The van der Waals surface area contributed by atoms with Crippen molar-refractivity contribution in [1.29, 1.82) is 0 Å². The first-order valence-corrected chi connectivity index (χ1v) is 9.58. The van der Waals surface area contributed by atoms with Crippen molar-refractivity contribution in [2.24, 2.45) is 0 Å². The van der Waals surface area contributed by atoms with Gasteiger partial charge >= 0.3 is 0 Å². The quantitative estimate of drug-likeness (QED) is 0.820. The second-order valence-corrected chi connectivity index (χ2v) is 9.47. The van der Waals surface area contributed by atoms with Crippen molar-refractivity contribution >= 4 is 48.9 Å². The third kappa shape index (κ3) is 2.91. The van der Waals surface area contributed by atoms with E-state index in [-0.39, 0.29) is 4.21 Å². The van der Waals surface area contributed by atoms with Crippen molar-refractivity contribution in [3.8, 4) is 0 Å². The van der Waals surface area contributed by atoms with Crippen LogP contribution in [0.5, 0.6) is 0 Å². The largest absolute Gasteiger partial charge is 0.391 e. The zero-order valence-electron chi connectivity index (χ0n) is 10.6. The van der Waals surface area contributed by atoms with Gasteiger partial charge in [0.05, 0.1) is 21.0 Å². The number of hydrogen-bond acceptors (Lipinski definition) is 4. The van der Waals surface area contributed by atoms with E-state index < -0.39 is 22.2 Å². The third-order valence-electron chi connectivity index (χ3n) is 3.37. The molecule has 1 heterocycles. The van der Waals surface area contributed by atoms with Crippen LogP contribution < -0.4 is 4.72 Å². The molecule has 0 saturated heterocycles. The molecule has 0 aliphatic heterocycles. The summed E-state index contributed by atoms with van der Waals surface area (Å²) in [6.07, 6.45) is -0.325. The first kappa shape index (κ1) is 15.5. The first-order chi connectivity index (χ1) is 9.88. The molecule has 0 saturated carbocycles. The minimum Gasteiger partial charge on any atom is -0.391 e. The monoisotopic (exact) mass is 407 g/mol. The number of thiophene rings is 1. The highest BCUT2D eigenvalue weighted by Crippen LogP contribution is 2.37. The van der Waals surface area contributed by atoms with Crippen LogP contribution in [0.2, 0.25) is 5.02 Å². The number of aliphatic hydroxyl groups is 1. The standard InChI is InChI=1S/C13H11BrClNO3S2/c14-13-9(15)6-11(20-13)21(18,19)16-12-8-4-2-1-3-7(8)5-10(12)17/h1-4,6,10,12,16-17H,5H2. The highest BCUT2D eigenvalue weighted by molar-refractivity contribution is 9.11. The summed E-state index contributed by atoms with van der Waals surface area (Å²) >= 11 is 10.1. The van der Waals surface area contributed by atoms with E-state index in [1.807, 2.05) is 24.3 Å². The predicted molar refractivity (Wildman–Crippen MR) is 86.2 cm³/mol. The molecule has 2 atom stereocenters. The Hall–Kier alpha value is -0.440. The fourth-order valence-electron chi connectivity index (χ4n) is 2.40. The molecule has 2 N–H and O–H groups in total. The summed E-state index contributed by atoms with van der Waals surface area (Å²) in [5.74, 6) is 0. The summed E-state index contributed by atoms with van der Waals surface area (Å²) < 4.78 is 28.1. The Kier molecular flexibility index (Phi) is 4.15. The van der Waals surface area contributed by atoms with E-state index in [0.717, 1.165) is 22.5 Å². The average molecular weight is 409 g/mol. The number of halogens is 2. The molecular weight excluding hydrogens is 398 g/mol. The normalized spacial score (nSPS) is 21.5. The number of aliphatic hydroxyl groups excluding tert-OH is 1. The summed E-state index contributed by atoms with van der Waals surface area (Å²) in [5.41, 5.74) is 1.78. The topological polar surface area (TPSA) is 66.4 Å². The molecule has 8 heteroatoms. The highest BCUT2D eigenvalue weighted by atomic mass is 79.9. The maximum absolute atomic E-state index is 12.4. The molecular formula is C13H11BrClNO3S2. The number of rotatable bonds is 3. The van der Waals surface area contributed by atoms with Crippen molar-refractivity contribution in [2.45, 2.75) is 22.8 Å². The van der Waals surface area contributed by atoms with Crippen molar-refractivity contribution in [2.75, 3.05) is 0 Å². The second kappa shape index (κ2) is 5.64. The van der Waals surface area contributed by atoms with Gasteiger partial charge in [0, 0.05) is 6.42 Å². The lowest BCUT2D eigenvalue weighted by Crippen LogP contribution is -2.33. The number of nitrogens with one attached hydrogen (secondary N) is 1. The molecule has 2 unspecified atom stereocenters. The van der Waals surface area contributed by atoms with Gasteiger partial charge in [0.25, 0.3) is 10.0 Å². The Bertz CT molecular complexity index is 771. The fourth-order valence-corrected chi connectivity index (χ4v) is 6.06. The lowest BCUT2D eigenvalue weighted by molar-refractivity contribution is 0.151. The van der Waals surface area contributed by atoms with E-state index in [2.05, 4.69) is 20.7 Å². The van der Waals surface area contributed by atoms with Crippen molar-refractivity contribution in [3.05, 3.63) is 50.3 Å². The van der Waals surface area contributed by atoms with Gasteiger partial charge in [0.15, 0.2) is 0 Å². The number of sulfonamides is 1. The van der Waals surface area contributed by atoms with Crippen LogP contribution in [0.25, 0.3) is 0 Å². The lowest BCUT2D eigenvalue weighted by atomic mass is 10.1. The van der Waals surface area contributed by atoms with E-state index in [0.29, 0.717) is 15.2 Å². The Balaban J connectivity index is 1.93. The molecule has 0 fully saturated rings. The molecule has 112 valence electrons. The van der Waals surface area contributed by atoms with Gasteiger partial charge in [-0.25, -0.2) is 13.1 Å². The van der Waals surface area contributed by atoms with Crippen LogP contribution >= 0.6 is 38.9 Å². The van der Waals surface area contributed by atoms with Gasteiger partial charge in [-0.05, 0) is 33.1 Å². The van der Waals surface area contributed by atoms with Crippen molar-refractivity contribution in [3.63, 3.8) is 0 Å². The molecule has 4 nitrogen and oxygen atoms in total. The number of hydrogen-bond donors (Lipinski definition) is 2. The summed E-state index contributed by atoms with van der Waals surface area (Å²) in [7, 11) is -3.73. The molecule has 0 bridgehead atoms. The van der Waals surface area contributed by atoms with Crippen LogP contribution in [-0.2, 0) is 16.4 Å². The molecule has 2 aromatic rings.